The van der Waals surface area contributed by atoms with Crippen LogP contribution in [0.15, 0.2) is 0 Å². The minimum atomic E-state index is 0.377. The topological polar surface area (TPSA) is 35.8 Å². The second-order valence-corrected chi connectivity index (χ2v) is 5.43. The standard InChI is InChI=1S/C10H16N2S/c11-5-4-10(2-3-10)8-12-9-1-6-13-7-9/h9,12H,1-4,6-8H2. The van der Waals surface area contributed by atoms with E-state index in [-0.39, 0.29) is 0 Å². The van der Waals surface area contributed by atoms with Crippen LogP contribution in [-0.4, -0.2) is 24.1 Å². The van der Waals surface area contributed by atoms with Crippen molar-refractivity contribution in [2.45, 2.75) is 31.7 Å². The highest BCUT2D eigenvalue weighted by molar-refractivity contribution is 7.99. The molecule has 1 aliphatic carbocycles. The van der Waals surface area contributed by atoms with Crippen LogP contribution in [0.25, 0.3) is 0 Å². The van der Waals surface area contributed by atoms with E-state index in [0.717, 1.165) is 19.0 Å². The van der Waals surface area contributed by atoms with E-state index in [9.17, 15) is 0 Å². The Kier molecular flexibility index (Phi) is 2.80. The highest BCUT2D eigenvalue weighted by Crippen LogP contribution is 2.48. The lowest BCUT2D eigenvalue weighted by Gasteiger charge is -2.16. The second-order valence-electron chi connectivity index (χ2n) is 4.28. The molecule has 0 aromatic rings. The maximum Gasteiger partial charge on any atom is 0.0628 e. The summed E-state index contributed by atoms with van der Waals surface area (Å²) in [4.78, 5) is 0. The van der Waals surface area contributed by atoms with Gasteiger partial charge in [-0.15, -0.1) is 0 Å². The lowest BCUT2D eigenvalue weighted by molar-refractivity contribution is 0.430. The highest BCUT2D eigenvalue weighted by atomic mass is 32.2. The Morgan fingerprint density at radius 3 is 2.92 bits per heavy atom. The van der Waals surface area contributed by atoms with Crippen molar-refractivity contribution in [2.24, 2.45) is 5.41 Å². The monoisotopic (exact) mass is 196 g/mol. The molecule has 0 bridgehead atoms. The molecule has 2 nitrogen and oxygen atoms in total. The second kappa shape index (κ2) is 3.89. The summed E-state index contributed by atoms with van der Waals surface area (Å²) >= 11 is 2.04. The van der Waals surface area contributed by atoms with Gasteiger partial charge in [0.2, 0.25) is 0 Å². The van der Waals surface area contributed by atoms with Gasteiger partial charge in [0, 0.05) is 24.8 Å². The van der Waals surface area contributed by atoms with E-state index in [1.54, 1.807) is 0 Å². The van der Waals surface area contributed by atoms with Gasteiger partial charge in [-0.25, -0.2) is 0 Å². The van der Waals surface area contributed by atoms with Crippen LogP contribution < -0.4 is 5.32 Å². The van der Waals surface area contributed by atoms with E-state index in [2.05, 4.69) is 11.4 Å². The Morgan fingerprint density at radius 2 is 2.38 bits per heavy atom. The maximum atomic E-state index is 8.65. The number of hydrogen-bond donors (Lipinski definition) is 1. The molecular weight excluding hydrogens is 180 g/mol. The van der Waals surface area contributed by atoms with Crippen LogP contribution in [0.1, 0.15) is 25.7 Å². The summed E-state index contributed by atoms with van der Waals surface area (Å²) in [7, 11) is 0. The molecule has 1 aliphatic heterocycles. The molecule has 13 heavy (non-hydrogen) atoms. The first-order chi connectivity index (χ1) is 6.35. The fourth-order valence-electron chi connectivity index (χ4n) is 1.82. The first kappa shape index (κ1) is 9.36. The minimum absolute atomic E-state index is 0.377. The molecule has 0 spiro atoms. The van der Waals surface area contributed by atoms with E-state index in [1.807, 2.05) is 11.8 Å². The van der Waals surface area contributed by atoms with Crippen molar-refractivity contribution in [2.75, 3.05) is 18.1 Å². The minimum Gasteiger partial charge on any atom is -0.313 e. The summed E-state index contributed by atoms with van der Waals surface area (Å²) in [5.74, 6) is 2.57. The van der Waals surface area contributed by atoms with Gasteiger partial charge in [-0.3, -0.25) is 0 Å². The molecule has 0 aromatic carbocycles. The maximum absolute atomic E-state index is 8.65. The summed E-state index contributed by atoms with van der Waals surface area (Å²) in [6.45, 7) is 1.08. The predicted octanol–water partition coefficient (Wildman–Crippen LogP) is 1.78. The molecule has 2 aliphatic rings. The van der Waals surface area contributed by atoms with Gasteiger partial charge in [0.25, 0.3) is 0 Å². The summed E-state index contributed by atoms with van der Waals surface area (Å²) in [6, 6.07) is 3.02. The number of nitriles is 1. The molecule has 3 heteroatoms. The highest BCUT2D eigenvalue weighted by Gasteiger charge is 2.42. The normalized spacial score (nSPS) is 29.9. The zero-order valence-electron chi connectivity index (χ0n) is 7.88. The molecule has 1 saturated heterocycles. The summed E-state index contributed by atoms with van der Waals surface area (Å²) < 4.78 is 0. The van der Waals surface area contributed by atoms with Crippen molar-refractivity contribution >= 4 is 11.8 Å². The van der Waals surface area contributed by atoms with E-state index in [0.29, 0.717) is 5.41 Å². The number of hydrogen-bond acceptors (Lipinski definition) is 3. The predicted molar refractivity (Wildman–Crippen MR) is 55.6 cm³/mol. The van der Waals surface area contributed by atoms with Crippen LogP contribution >= 0.6 is 11.8 Å². The summed E-state index contributed by atoms with van der Waals surface area (Å²) in [6.07, 6.45) is 4.58. The van der Waals surface area contributed by atoms with Crippen LogP contribution in [0.2, 0.25) is 0 Å². The van der Waals surface area contributed by atoms with E-state index >= 15 is 0 Å². The number of rotatable bonds is 4. The van der Waals surface area contributed by atoms with Crippen molar-refractivity contribution in [1.82, 2.24) is 5.32 Å². The number of nitrogens with zero attached hydrogens (tertiary/aromatic N) is 1. The van der Waals surface area contributed by atoms with Crippen molar-refractivity contribution in [3.8, 4) is 6.07 Å². The van der Waals surface area contributed by atoms with Gasteiger partial charge in [-0.1, -0.05) is 0 Å². The molecule has 0 amide bonds. The fourth-order valence-corrected chi connectivity index (χ4v) is 3.00. The molecule has 2 rings (SSSR count). The van der Waals surface area contributed by atoms with Gasteiger partial charge in [0.15, 0.2) is 0 Å². The van der Waals surface area contributed by atoms with Crippen LogP contribution in [0.3, 0.4) is 0 Å². The molecule has 2 fully saturated rings. The van der Waals surface area contributed by atoms with Crippen molar-refractivity contribution in [1.29, 1.82) is 5.26 Å². The van der Waals surface area contributed by atoms with Gasteiger partial charge in [-0.05, 0) is 30.4 Å². The first-order valence-corrected chi connectivity index (χ1v) is 6.18. The quantitative estimate of drug-likeness (QED) is 0.744. The lowest BCUT2D eigenvalue weighted by atomic mass is 10.0. The molecule has 1 N–H and O–H groups in total. The molecule has 1 saturated carbocycles. The third-order valence-electron chi connectivity index (χ3n) is 3.11. The first-order valence-electron chi connectivity index (χ1n) is 5.03. The van der Waals surface area contributed by atoms with E-state index in [4.69, 9.17) is 5.26 Å². The SMILES string of the molecule is N#CCC1(CNC2CCSC2)CC1. The third kappa shape index (κ3) is 2.38. The lowest BCUT2D eigenvalue weighted by Crippen LogP contribution is -2.33. The van der Waals surface area contributed by atoms with Gasteiger partial charge >= 0.3 is 0 Å². The van der Waals surface area contributed by atoms with Crippen molar-refractivity contribution in [3.05, 3.63) is 0 Å². The average Bonchev–Trinajstić information content (AvgIpc) is 2.71. The molecular formula is C10H16N2S. The van der Waals surface area contributed by atoms with E-state index < -0.39 is 0 Å². The molecule has 0 radical (unpaired) electrons. The molecule has 1 atom stereocenters. The van der Waals surface area contributed by atoms with Crippen LogP contribution in [-0.2, 0) is 0 Å². The fraction of sp³-hybridized carbons (Fsp3) is 0.900. The van der Waals surface area contributed by atoms with Gasteiger partial charge in [-0.2, -0.15) is 17.0 Å². The zero-order valence-corrected chi connectivity index (χ0v) is 8.70. The van der Waals surface area contributed by atoms with Crippen LogP contribution in [0.5, 0.6) is 0 Å². The summed E-state index contributed by atoms with van der Waals surface area (Å²) in [5, 5.41) is 12.2. The van der Waals surface area contributed by atoms with Gasteiger partial charge < -0.3 is 5.32 Å². The van der Waals surface area contributed by atoms with E-state index in [1.165, 1.54) is 30.8 Å². The zero-order chi connectivity index (χ0) is 9.15. The molecule has 1 unspecified atom stereocenters. The Balaban J connectivity index is 1.70. The Hall–Kier alpha value is -0.200. The Labute approximate surface area is 84.1 Å². The van der Waals surface area contributed by atoms with Gasteiger partial charge in [0.05, 0.1) is 6.07 Å². The number of thioether (sulfide) groups is 1. The Morgan fingerprint density at radius 1 is 1.54 bits per heavy atom. The largest absolute Gasteiger partial charge is 0.313 e. The number of nitrogens with one attached hydrogen (secondary N) is 1. The van der Waals surface area contributed by atoms with Crippen molar-refractivity contribution < 1.29 is 0 Å². The van der Waals surface area contributed by atoms with Gasteiger partial charge in [0.1, 0.15) is 0 Å². The average molecular weight is 196 g/mol. The Bertz CT molecular complexity index is 211. The van der Waals surface area contributed by atoms with Crippen LogP contribution in [0.4, 0.5) is 0 Å². The third-order valence-corrected chi connectivity index (χ3v) is 4.27. The van der Waals surface area contributed by atoms with Crippen molar-refractivity contribution in [3.63, 3.8) is 0 Å². The van der Waals surface area contributed by atoms with Crippen LogP contribution in [0, 0.1) is 16.7 Å². The molecule has 72 valence electrons. The molecule has 0 aromatic heterocycles. The smallest absolute Gasteiger partial charge is 0.0628 e. The molecule has 1 heterocycles. The summed E-state index contributed by atoms with van der Waals surface area (Å²) in [5.41, 5.74) is 0.377.